The van der Waals surface area contributed by atoms with E-state index in [0.29, 0.717) is 16.5 Å². The summed E-state index contributed by atoms with van der Waals surface area (Å²) in [6, 6.07) is 5.01. The third kappa shape index (κ3) is 2.82. The standard InChI is InChI=1S/C18H21ClFN3S/c1-18(2)9-21-17-14(15(10-4-5-10)22-23(17)3)16(24-18)12-7-6-11(19)8-13(12)20/h6-8,10,16,21H,4-5,9H2,1-3H3/t16-/m1/s1. The van der Waals surface area contributed by atoms with E-state index in [2.05, 4.69) is 19.2 Å². The molecule has 1 fully saturated rings. The summed E-state index contributed by atoms with van der Waals surface area (Å²) in [5.41, 5.74) is 2.97. The summed E-state index contributed by atoms with van der Waals surface area (Å²) in [4.78, 5) is 0. The van der Waals surface area contributed by atoms with Crippen molar-refractivity contribution in [3.05, 3.63) is 45.9 Å². The second-order valence-electron chi connectivity index (χ2n) is 7.32. The molecular formula is C18H21ClFN3S. The Labute approximate surface area is 151 Å². The summed E-state index contributed by atoms with van der Waals surface area (Å²) < 4.78 is 16.6. The largest absolute Gasteiger partial charge is 0.369 e. The molecule has 128 valence electrons. The highest BCUT2D eigenvalue weighted by atomic mass is 35.5. The highest BCUT2D eigenvalue weighted by Crippen LogP contribution is 2.53. The van der Waals surface area contributed by atoms with Crippen molar-refractivity contribution in [2.24, 2.45) is 7.05 Å². The molecule has 0 radical (unpaired) electrons. The van der Waals surface area contributed by atoms with E-state index in [-0.39, 0.29) is 15.8 Å². The molecule has 1 aliphatic carbocycles. The number of rotatable bonds is 2. The fourth-order valence-electron chi connectivity index (χ4n) is 3.34. The Bertz CT molecular complexity index is 798. The molecule has 3 nitrogen and oxygen atoms in total. The van der Waals surface area contributed by atoms with E-state index < -0.39 is 0 Å². The van der Waals surface area contributed by atoms with E-state index in [1.807, 2.05) is 17.8 Å². The summed E-state index contributed by atoms with van der Waals surface area (Å²) in [7, 11) is 1.97. The molecule has 1 atom stereocenters. The van der Waals surface area contributed by atoms with Crippen molar-refractivity contribution in [3.8, 4) is 0 Å². The van der Waals surface area contributed by atoms with Crippen molar-refractivity contribution >= 4 is 29.2 Å². The Hall–Kier alpha value is -1.20. The number of thioether (sulfide) groups is 1. The molecule has 1 aliphatic heterocycles. The van der Waals surface area contributed by atoms with Gasteiger partial charge < -0.3 is 5.32 Å². The van der Waals surface area contributed by atoms with Crippen LogP contribution in [-0.4, -0.2) is 21.1 Å². The number of fused-ring (bicyclic) bond motifs is 1. The maximum absolute atomic E-state index is 14.7. The highest BCUT2D eigenvalue weighted by Gasteiger charge is 2.40. The highest BCUT2D eigenvalue weighted by molar-refractivity contribution is 8.01. The molecule has 1 N–H and O–H groups in total. The first-order valence-corrected chi connectivity index (χ1v) is 9.55. The Morgan fingerprint density at radius 3 is 2.79 bits per heavy atom. The normalized spacial score (nSPS) is 22.6. The molecule has 0 amide bonds. The average molecular weight is 366 g/mol. The van der Waals surface area contributed by atoms with Gasteiger partial charge in [0, 0.05) is 40.4 Å². The molecule has 0 unspecified atom stereocenters. The lowest BCUT2D eigenvalue weighted by Crippen LogP contribution is -2.26. The Morgan fingerprint density at radius 1 is 1.38 bits per heavy atom. The number of benzene rings is 1. The summed E-state index contributed by atoms with van der Waals surface area (Å²) in [6.07, 6.45) is 2.35. The number of anilines is 1. The second kappa shape index (κ2) is 5.67. The van der Waals surface area contributed by atoms with Gasteiger partial charge in [-0.3, -0.25) is 4.68 Å². The Kier molecular flexibility index (Phi) is 3.84. The third-order valence-electron chi connectivity index (χ3n) is 4.70. The molecule has 6 heteroatoms. The predicted molar refractivity (Wildman–Crippen MR) is 98.6 cm³/mol. The molecule has 1 saturated carbocycles. The number of nitrogens with zero attached hydrogens (tertiary/aromatic N) is 2. The Morgan fingerprint density at radius 2 is 2.12 bits per heavy atom. The summed E-state index contributed by atoms with van der Waals surface area (Å²) in [5.74, 6) is 1.30. The van der Waals surface area contributed by atoms with E-state index in [4.69, 9.17) is 16.7 Å². The second-order valence-corrected chi connectivity index (χ2v) is 9.57. The molecule has 1 aromatic carbocycles. The van der Waals surface area contributed by atoms with Crippen LogP contribution < -0.4 is 5.32 Å². The number of hydrogen-bond donors (Lipinski definition) is 1. The maximum Gasteiger partial charge on any atom is 0.129 e. The lowest BCUT2D eigenvalue weighted by atomic mass is 10.0. The zero-order valence-corrected chi connectivity index (χ0v) is 15.6. The summed E-state index contributed by atoms with van der Waals surface area (Å²) >= 11 is 7.76. The summed E-state index contributed by atoms with van der Waals surface area (Å²) in [5, 5.41) is 8.66. The van der Waals surface area contributed by atoms with Crippen LogP contribution in [0.1, 0.15) is 54.7 Å². The van der Waals surface area contributed by atoms with Gasteiger partial charge in [-0.05, 0) is 38.8 Å². The van der Waals surface area contributed by atoms with E-state index >= 15 is 0 Å². The van der Waals surface area contributed by atoms with Crippen molar-refractivity contribution < 1.29 is 4.39 Å². The van der Waals surface area contributed by atoms with Gasteiger partial charge in [0.2, 0.25) is 0 Å². The average Bonchev–Trinajstić information content (AvgIpc) is 3.29. The molecular weight excluding hydrogens is 345 g/mol. The van der Waals surface area contributed by atoms with Gasteiger partial charge in [-0.25, -0.2) is 4.39 Å². The van der Waals surface area contributed by atoms with Crippen molar-refractivity contribution in [3.63, 3.8) is 0 Å². The van der Waals surface area contributed by atoms with Crippen LogP contribution in [0, 0.1) is 5.82 Å². The third-order valence-corrected chi connectivity index (χ3v) is 6.44. The first-order chi connectivity index (χ1) is 11.4. The fraction of sp³-hybridized carbons (Fsp3) is 0.500. The van der Waals surface area contributed by atoms with Gasteiger partial charge in [0.25, 0.3) is 0 Å². The van der Waals surface area contributed by atoms with Crippen molar-refractivity contribution in [2.45, 2.75) is 42.6 Å². The molecule has 0 bridgehead atoms. The van der Waals surface area contributed by atoms with Gasteiger partial charge in [-0.15, -0.1) is 11.8 Å². The van der Waals surface area contributed by atoms with Crippen LogP contribution in [0.3, 0.4) is 0 Å². The minimum Gasteiger partial charge on any atom is -0.369 e. The quantitative estimate of drug-likeness (QED) is 0.801. The van der Waals surface area contributed by atoms with E-state index in [1.165, 1.54) is 18.9 Å². The van der Waals surface area contributed by atoms with Gasteiger partial charge >= 0.3 is 0 Å². The predicted octanol–water partition coefficient (Wildman–Crippen LogP) is 5.12. The molecule has 2 aliphatic rings. The molecule has 2 heterocycles. The van der Waals surface area contributed by atoms with Gasteiger partial charge in [0.05, 0.1) is 10.9 Å². The lowest BCUT2D eigenvalue weighted by Gasteiger charge is -2.27. The number of halogens is 2. The van der Waals surface area contributed by atoms with Crippen LogP contribution >= 0.6 is 23.4 Å². The van der Waals surface area contributed by atoms with Gasteiger partial charge in [0.15, 0.2) is 0 Å². The number of hydrogen-bond acceptors (Lipinski definition) is 3. The SMILES string of the molecule is Cn1nc(C2CC2)c2c1NCC(C)(C)S[C@@H]2c1ccc(Cl)cc1F. The molecule has 4 rings (SSSR count). The number of aryl methyl sites for hydroxylation is 1. The molecule has 1 aromatic heterocycles. The van der Waals surface area contributed by atoms with E-state index in [9.17, 15) is 4.39 Å². The van der Waals surface area contributed by atoms with E-state index in [1.54, 1.807) is 17.8 Å². The van der Waals surface area contributed by atoms with Crippen LogP contribution in [0.2, 0.25) is 5.02 Å². The topological polar surface area (TPSA) is 29.9 Å². The van der Waals surface area contributed by atoms with Crippen LogP contribution in [0.4, 0.5) is 10.2 Å². The van der Waals surface area contributed by atoms with Gasteiger partial charge in [-0.2, -0.15) is 5.10 Å². The zero-order valence-electron chi connectivity index (χ0n) is 14.1. The van der Waals surface area contributed by atoms with Crippen LogP contribution in [0.15, 0.2) is 18.2 Å². The van der Waals surface area contributed by atoms with Crippen LogP contribution in [-0.2, 0) is 7.05 Å². The molecule has 0 spiro atoms. The fourth-order valence-corrected chi connectivity index (χ4v) is 4.96. The Balaban J connectivity index is 1.90. The lowest BCUT2D eigenvalue weighted by molar-refractivity contribution is 0.612. The van der Waals surface area contributed by atoms with Crippen molar-refractivity contribution in [2.75, 3.05) is 11.9 Å². The number of aromatic nitrogens is 2. The molecule has 0 saturated heterocycles. The minimum absolute atomic E-state index is 0.0173. The van der Waals surface area contributed by atoms with Crippen LogP contribution in [0.5, 0.6) is 0 Å². The van der Waals surface area contributed by atoms with Crippen molar-refractivity contribution in [1.29, 1.82) is 0 Å². The van der Waals surface area contributed by atoms with Gasteiger partial charge in [-0.1, -0.05) is 17.7 Å². The maximum atomic E-state index is 14.7. The minimum atomic E-state index is -0.241. The number of nitrogens with one attached hydrogen (secondary N) is 1. The first-order valence-electron chi connectivity index (χ1n) is 8.29. The molecule has 24 heavy (non-hydrogen) atoms. The smallest absolute Gasteiger partial charge is 0.129 e. The van der Waals surface area contributed by atoms with Gasteiger partial charge in [0.1, 0.15) is 11.6 Å². The van der Waals surface area contributed by atoms with Crippen molar-refractivity contribution in [1.82, 2.24) is 9.78 Å². The van der Waals surface area contributed by atoms with E-state index in [0.717, 1.165) is 23.6 Å². The summed E-state index contributed by atoms with van der Waals surface area (Å²) in [6.45, 7) is 5.21. The molecule has 2 aromatic rings. The van der Waals surface area contributed by atoms with Crippen LogP contribution in [0.25, 0.3) is 0 Å². The monoisotopic (exact) mass is 365 g/mol. The first kappa shape index (κ1) is 16.3. The zero-order chi connectivity index (χ0) is 17.1.